The largest absolute Gasteiger partial charge is 0.352 e. The monoisotopic (exact) mass is 231 g/mol. The molecule has 2 aromatic rings. The number of carbonyl (C=O) groups is 1. The van der Waals surface area contributed by atoms with Crippen LogP contribution in [0.5, 0.6) is 0 Å². The number of rotatable bonds is 3. The minimum absolute atomic E-state index is 0.0197. The van der Waals surface area contributed by atoms with Gasteiger partial charge in [-0.1, -0.05) is 12.1 Å². The summed E-state index contributed by atoms with van der Waals surface area (Å²) < 4.78 is 1.94. The van der Waals surface area contributed by atoms with E-state index in [9.17, 15) is 4.79 Å². The first-order valence-electron chi connectivity index (χ1n) is 5.79. The number of carbonyl (C=O) groups excluding carboxylic acids is 1. The molecular formula is C13H17N3O. The molecule has 0 aliphatic heterocycles. The van der Waals surface area contributed by atoms with Crippen molar-refractivity contribution in [2.45, 2.75) is 33.4 Å². The molecule has 0 saturated carbocycles. The van der Waals surface area contributed by atoms with Crippen LogP contribution >= 0.6 is 0 Å². The van der Waals surface area contributed by atoms with Crippen molar-refractivity contribution < 1.29 is 4.79 Å². The van der Waals surface area contributed by atoms with Gasteiger partial charge >= 0.3 is 0 Å². The second-order valence-corrected chi connectivity index (χ2v) is 4.46. The highest BCUT2D eigenvalue weighted by Gasteiger charge is 2.10. The number of aryl methyl sites for hydroxylation is 1. The SMILES string of the molecule is Cc1nc2ccccc2n1CC(=O)NC(C)C. The molecule has 0 unspecified atom stereocenters. The van der Waals surface area contributed by atoms with Crippen molar-refractivity contribution >= 4 is 16.9 Å². The van der Waals surface area contributed by atoms with Crippen LogP contribution in [0.25, 0.3) is 11.0 Å². The number of hydrogen-bond acceptors (Lipinski definition) is 2. The zero-order chi connectivity index (χ0) is 12.4. The van der Waals surface area contributed by atoms with Gasteiger partial charge in [0.2, 0.25) is 5.91 Å². The topological polar surface area (TPSA) is 46.9 Å². The van der Waals surface area contributed by atoms with E-state index in [-0.39, 0.29) is 11.9 Å². The Labute approximate surface area is 101 Å². The molecule has 0 atom stereocenters. The van der Waals surface area contributed by atoms with Crippen LogP contribution in [0.3, 0.4) is 0 Å². The smallest absolute Gasteiger partial charge is 0.240 e. The predicted octanol–water partition coefficient (Wildman–Crippen LogP) is 1.87. The maximum absolute atomic E-state index is 11.8. The fourth-order valence-electron chi connectivity index (χ4n) is 1.91. The number of aromatic nitrogens is 2. The molecule has 0 fully saturated rings. The number of nitrogens with zero attached hydrogens (tertiary/aromatic N) is 2. The van der Waals surface area contributed by atoms with Crippen molar-refractivity contribution in [1.82, 2.24) is 14.9 Å². The first-order chi connectivity index (χ1) is 8.08. The van der Waals surface area contributed by atoms with Crippen LogP contribution in [-0.2, 0) is 11.3 Å². The van der Waals surface area contributed by atoms with Crippen LogP contribution in [0.1, 0.15) is 19.7 Å². The van der Waals surface area contributed by atoms with Gasteiger partial charge in [-0.2, -0.15) is 0 Å². The van der Waals surface area contributed by atoms with E-state index < -0.39 is 0 Å². The molecule has 1 N–H and O–H groups in total. The number of hydrogen-bond donors (Lipinski definition) is 1. The Morgan fingerprint density at radius 3 is 2.82 bits per heavy atom. The number of para-hydroxylation sites is 2. The molecular weight excluding hydrogens is 214 g/mol. The predicted molar refractivity (Wildman–Crippen MR) is 67.7 cm³/mol. The Hall–Kier alpha value is -1.84. The van der Waals surface area contributed by atoms with Crippen LogP contribution in [0.15, 0.2) is 24.3 Å². The first-order valence-corrected chi connectivity index (χ1v) is 5.79. The summed E-state index contributed by atoms with van der Waals surface area (Å²) in [6.07, 6.45) is 0. The molecule has 2 rings (SSSR count). The lowest BCUT2D eigenvalue weighted by atomic mass is 10.3. The van der Waals surface area contributed by atoms with E-state index >= 15 is 0 Å². The van der Waals surface area contributed by atoms with Gasteiger partial charge < -0.3 is 9.88 Å². The Morgan fingerprint density at radius 2 is 2.12 bits per heavy atom. The van der Waals surface area contributed by atoms with Gasteiger partial charge in [0.1, 0.15) is 12.4 Å². The summed E-state index contributed by atoms with van der Waals surface area (Å²) in [4.78, 5) is 16.2. The summed E-state index contributed by atoms with van der Waals surface area (Å²) in [7, 11) is 0. The highest BCUT2D eigenvalue weighted by atomic mass is 16.2. The molecule has 4 nitrogen and oxygen atoms in total. The molecule has 0 saturated heterocycles. The molecule has 1 heterocycles. The minimum atomic E-state index is 0.0197. The van der Waals surface area contributed by atoms with Gasteiger partial charge in [-0.15, -0.1) is 0 Å². The summed E-state index contributed by atoms with van der Waals surface area (Å²) >= 11 is 0. The fraction of sp³-hybridized carbons (Fsp3) is 0.385. The van der Waals surface area contributed by atoms with Crippen molar-refractivity contribution in [3.8, 4) is 0 Å². The second kappa shape index (κ2) is 4.57. The molecule has 1 amide bonds. The van der Waals surface area contributed by atoms with Crippen molar-refractivity contribution in [3.63, 3.8) is 0 Å². The number of imidazole rings is 1. The fourth-order valence-corrected chi connectivity index (χ4v) is 1.91. The summed E-state index contributed by atoms with van der Waals surface area (Å²) in [6, 6.07) is 8.02. The normalized spacial score (nSPS) is 11.1. The Balaban J connectivity index is 2.29. The molecule has 0 bridgehead atoms. The van der Waals surface area contributed by atoms with Crippen molar-refractivity contribution in [1.29, 1.82) is 0 Å². The average molecular weight is 231 g/mol. The van der Waals surface area contributed by atoms with E-state index in [4.69, 9.17) is 0 Å². The van der Waals surface area contributed by atoms with Gasteiger partial charge in [0, 0.05) is 6.04 Å². The third-order valence-electron chi connectivity index (χ3n) is 2.60. The standard InChI is InChI=1S/C13H17N3O/c1-9(2)14-13(17)8-16-10(3)15-11-6-4-5-7-12(11)16/h4-7,9H,8H2,1-3H3,(H,14,17). The lowest BCUT2D eigenvalue weighted by molar-refractivity contribution is -0.122. The van der Waals surface area contributed by atoms with Gasteiger partial charge in [-0.3, -0.25) is 4.79 Å². The third-order valence-corrected chi connectivity index (χ3v) is 2.60. The number of nitrogens with one attached hydrogen (secondary N) is 1. The zero-order valence-corrected chi connectivity index (χ0v) is 10.4. The number of benzene rings is 1. The number of fused-ring (bicyclic) bond motifs is 1. The van der Waals surface area contributed by atoms with E-state index in [1.165, 1.54) is 0 Å². The molecule has 0 aliphatic rings. The summed E-state index contributed by atoms with van der Waals surface area (Å²) in [5.41, 5.74) is 1.94. The summed E-state index contributed by atoms with van der Waals surface area (Å²) in [6.45, 7) is 6.15. The summed E-state index contributed by atoms with van der Waals surface area (Å²) in [5, 5.41) is 2.89. The van der Waals surface area contributed by atoms with Crippen LogP contribution in [0.4, 0.5) is 0 Å². The molecule has 90 valence electrons. The van der Waals surface area contributed by atoms with E-state index in [0.29, 0.717) is 6.54 Å². The second-order valence-electron chi connectivity index (χ2n) is 4.46. The Bertz CT molecular complexity index is 543. The molecule has 17 heavy (non-hydrogen) atoms. The molecule has 1 aromatic carbocycles. The highest BCUT2D eigenvalue weighted by molar-refractivity contribution is 5.81. The third kappa shape index (κ3) is 2.46. The molecule has 1 aromatic heterocycles. The molecule has 0 radical (unpaired) electrons. The van der Waals surface area contributed by atoms with Crippen molar-refractivity contribution in [3.05, 3.63) is 30.1 Å². The van der Waals surface area contributed by atoms with Gasteiger partial charge in [-0.25, -0.2) is 4.98 Å². The molecule has 0 spiro atoms. The van der Waals surface area contributed by atoms with Gasteiger partial charge in [-0.05, 0) is 32.9 Å². The summed E-state index contributed by atoms with van der Waals surface area (Å²) in [5.74, 6) is 0.886. The highest BCUT2D eigenvalue weighted by Crippen LogP contribution is 2.14. The average Bonchev–Trinajstić information content (AvgIpc) is 2.55. The van der Waals surface area contributed by atoms with Crippen molar-refractivity contribution in [2.75, 3.05) is 0 Å². The maximum Gasteiger partial charge on any atom is 0.240 e. The lowest BCUT2D eigenvalue weighted by Gasteiger charge is -2.10. The minimum Gasteiger partial charge on any atom is -0.352 e. The van der Waals surface area contributed by atoms with E-state index in [1.54, 1.807) is 0 Å². The number of amides is 1. The van der Waals surface area contributed by atoms with Gasteiger partial charge in [0.25, 0.3) is 0 Å². The van der Waals surface area contributed by atoms with E-state index in [2.05, 4.69) is 10.3 Å². The van der Waals surface area contributed by atoms with Crippen molar-refractivity contribution in [2.24, 2.45) is 0 Å². The van der Waals surface area contributed by atoms with E-state index in [0.717, 1.165) is 16.9 Å². The van der Waals surface area contributed by atoms with Gasteiger partial charge in [0.05, 0.1) is 11.0 Å². The molecule has 0 aliphatic carbocycles. The quantitative estimate of drug-likeness (QED) is 0.876. The Morgan fingerprint density at radius 1 is 1.41 bits per heavy atom. The Kier molecular flexibility index (Phi) is 3.13. The van der Waals surface area contributed by atoms with E-state index in [1.807, 2.05) is 49.6 Å². The zero-order valence-electron chi connectivity index (χ0n) is 10.4. The van der Waals surface area contributed by atoms with Gasteiger partial charge in [0.15, 0.2) is 0 Å². The lowest BCUT2D eigenvalue weighted by Crippen LogP contribution is -2.33. The maximum atomic E-state index is 11.8. The molecule has 4 heteroatoms. The first kappa shape index (κ1) is 11.6. The van der Waals surface area contributed by atoms with Crippen LogP contribution in [0.2, 0.25) is 0 Å². The van der Waals surface area contributed by atoms with Crippen LogP contribution in [-0.4, -0.2) is 21.5 Å². The van der Waals surface area contributed by atoms with Crippen LogP contribution in [0, 0.1) is 6.92 Å². The van der Waals surface area contributed by atoms with Crippen LogP contribution < -0.4 is 5.32 Å².